The van der Waals surface area contributed by atoms with Gasteiger partial charge in [-0.1, -0.05) is 12.1 Å². The van der Waals surface area contributed by atoms with Crippen LogP contribution in [0.15, 0.2) is 42.5 Å². The molecule has 0 heterocycles. The van der Waals surface area contributed by atoms with Crippen molar-refractivity contribution in [1.82, 2.24) is 0 Å². The Bertz CT molecular complexity index is 817. The van der Waals surface area contributed by atoms with Crippen LogP contribution >= 0.6 is 0 Å². The van der Waals surface area contributed by atoms with Crippen molar-refractivity contribution in [3.8, 4) is 5.75 Å². The van der Waals surface area contributed by atoms with E-state index in [-0.39, 0.29) is 17.0 Å². The Morgan fingerprint density at radius 2 is 1.85 bits per heavy atom. The number of rotatable bonds is 7. The number of hydrogen-bond donors (Lipinski definition) is 1. The van der Waals surface area contributed by atoms with E-state index in [4.69, 9.17) is 9.47 Å². The third-order valence-electron chi connectivity index (χ3n) is 3.53. The monoisotopic (exact) mass is 358 g/mol. The van der Waals surface area contributed by atoms with Gasteiger partial charge in [0.15, 0.2) is 0 Å². The number of nitrogens with one attached hydrogen (secondary N) is 1. The zero-order chi connectivity index (χ0) is 19.1. The van der Waals surface area contributed by atoms with E-state index in [0.717, 1.165) is 5.56 Å². The average Bonchev–Trinajstić information content (AvgIpc) is 2.62. The molecule has 0 saturated heterocycles. The third kappa shape index (κ3) is 5.04. The zero-order valence-corrected chi connectivity index (χ0v) is 14.4. The number of benzene rings is 2. The van der Waals surface area contributed by atoms with Gasteiger partial charge >= 0.3 is 11.9 Å². The Kier molecular flexibility index (Phi) is 6.26. The molecule has 0 unspecified atom stereocenters. The van der Waals surface area contributed by atoms with Crippen LogP contribution in [0.4, 0.5) is 11.4 Å². The fourth-order valence-electron chi connectivity index (χ4n) is 2.29. The molecule has 0 fully saturated rings. The summed E-state index contributed by atoms with van der Waals surface area (Å²) < 4.78 is 9.71. The van der Waals surface area contributed by atoms with Crippen molar-refractivity contribution < 1.29 is 24.0 Å². The minimum atomic E-state index is -0.611. The predicted octanol–water partition coefficient (Wildman–Crippen LogP) is 2.96. The molecule has 26 heavy (non-hydrogen) atoms. The summed E-state index contributed by atoms with van der Waals surface area (Å²) in [5, 5.41) is 13.8. The van der Waals surface area contributed by atoms with Crippen molar-refractivity contribution in [3.63, 3.8) is 0 Å². The first-order valence-corrected chi connectivity index (χ1v) is 7.78. The van der Waals surface area contributed by atoms with Gasteiger partial charge in [-0.25, -0.2) is 4.79 Å². The van der Waals surface area contributed by atoms with Crippen LogP contribution in [0.2, 0.25) is 0 Å². The lowest BCUT2D eigenvalue weighted by Gasteiger charge is -2.11. The number of non-ortho nitro benzene ring substituents is 1. The molecular formula is C18H18N2O6. The first kappa shape index (κ1) is 18.9. The number of esters is 2. The van der Waals surface area contributed by atoms with Crippen LogP contribution in [0.3, 0.4) is 0 Å². The molecule has 0 atom stereocenters. The highest BCUT2D eigenvalue weighted by Crippen LogP contribution is 2.24. The van der Waals surface area contributed by atoms with Gasteiger partial charge in [0.1, 0.15) is 11.3 Å². The number of ether oxygens (including phenoxy) is 2. The predicted molar refractivity (Wildman–Crippen MR) is 94.4 cm³/mol. The largest absolute Gasteiger partial charge is 0.465 e. The van der Waals surface area contributed by atoms with Gasteiger partial charge in [0, 0.05) is 31.3 Å². The first-order valence-electron chi connectivity index (χ1n) is 7.78. The van der Waals surface area contributed by atoms with Gasteiger partial charge in [0.25, 0.3) is 5.69 Å². The second kappa shape index (κ2) is 8.61. The molecular weight excluding hydrogens is 340 g/mol. The molecule has 0 radical (unpaired) electrons. The number of nitro groups is 1. The van der Waals surface area contributed by atoms with Gasteiger partial charge in [0.05, 0.1) is 12.0 Å². The van der Waals surface area contributed by atoms with Crippen LogP contribution in [0.1, 0.15) is 22.8 Å². The van der Waals surface area contributed by atoms with Crippen LogP contribution in [0, 0.1) is 10.1 Å². The molecule has 0 aliphatic heterocycles. The van der Waals surface area contributed by atoms with Crippen LogP contribution in [-0.2, 0) is 16.0 Å². The standard InChI is InChI=1S/C18H18N2O6/c1-12(21)26-17-8-5-14(11-16(17)18(22)25-2)19-10-9-13-3-6-15(7-4-13)20(23)24/h3-8,11,19H,9-10H2,1-2H3. The molecule has 0 aliphatic carbocycles. The van der Waals surface area contributed by atoms with E-state index in [1.165, 1.54) is 32.2 Å². The molecule has 8 nitrogen and oxygen atoms in total. The molecule has 0 aliphatic rings. The average molecular weight is 358 g/mol. The van der Waals surface area contributed by atoms with Crippen molar-refractivity contribution in [1.29, 1.82) is 0 Å². The van der Waals surface area contributed by atoms with Crippen LogP contribution in [0.5, 0.6) is 5.75 Å². The molecule has 8 heteroatoms. The van der Waals surface area contributed by atoms with E-state index in [0.29, 0.717) is 18.7 Å². The van der Waals surface area contributed by atoms with Crippen LogP contribution in [0.25, 0.3) is 0 Å². The van der Waals surface area contributed by atoms with Gasteiger partial charge in [-0.3, -0.25) is 14.9 Å². The number of carbonyl (C=O) groups is 2. The molecule has 2 aromatic rings. The Morgan fingerprint density at radius 3 is 2.42 bits per heavy atom. The second-order valence-corrected chi connectivity index (χ2v) is 5.40. The summed E-state index contributed by atoms with van der Waals surface area (Å²) in [5.74, 6) is -1.01. The summed E-state index contributed by atoms with van der Waals surface area (Å²) >= 11 is 0. The van der Waals surface area contributed by atoms with Gasteiger partial charge in [0.2, 0.25) is 0 Å². The third-order valence-corrected chi connectivity index (χ3v) is 3.53. The molecule has 1 N–H and O–H groups in total. The lowest BCUT2D eigenvalue weighted by molar-refractivity contribution is -0.384. The van der Waals surface area contributed by atoms with E-state index >= 15 is 0 Å². The molecule has 2 rings (SSSR count). The van der Waals surface area contributed by atoms with Gasteiger partial charge in [-0.15, -0.1) is 0 Å². The topological polar surface area (TPSA) is 108 Å². The van der Waals surface area contributed by atoms with E-state index < -0.39 is 16.9 Å². The maximum atomic E-state index is 11.9. The maximum Gasteiger partial charge on any atom is 0.341 e. The van der Waals surface area contributed by atoms with E-state index in [1.54, 1.807) is 24.3 Å². The first-order chi connectivity index (χ1) is 12.4. The SMILES string of the molecule is COC(=O)c1cc(NCCc2ccc([N+](=O)[O-])cc2)ccc1OC(C)=O. The Hall–Kier alpha value is -3.42. The van der Waals surface area contributed by atoms with Crippen molar-refractivity contribution >= 4 is 23.3 Å². The van der Waals surface area contributed by atoms with Crippen LogP contribution < -0.4 is 10.1 Å². The van der Waals surface area contributed by atoms with E-state index in [1.807, 2.05) is 0 Å². The van der Waals surface area contributed by atoms with Crippen molar-refractivity contribution in [2.45, 2.75) is 13.3 Å². The number of hydrogen-bond acceptors (Lipinski definition) is 7. The van der Waals surface area contributed by atoms with Gasteiger partial charge in [-0.2, -0.15) is 0 Å². The molecule has 0 spiro atoms. The van der Waals surface area contributed by atoms with Crippen LogP contribution in [-0.4, -0.2) is 30.5 Å². The highest BCUT2D eigenvalue weighted by atomic mass is 16.6. The summed E-state index contributed by atoms with van der Waals surface area (Å²) in [4.78, 5) is 33.2. The fourth-order valence-corrected chi connectivity index (χ4v) is 2.29. The van der Waals surface area contributed by atoms with Crippen molar-refractivity contribution in [2.75, 3.05) is 19.0 Å². The van der Waals surface area contributed by atoms with Gasteiger partial charge < -0.3 is 14.8 Å². The number of methoxy groups -OCH3 is 1. The summed E-state index contributed by atoms with van der Waals surface area (Å²) in [5.41, 5.74) is 1.78. The summed E-state index contributed by atoms with van der Waals surface area (Å²) in [7, 11) is 1.24. The summed E-state index contributed by atoms with van der Waals surface area (Å²) in [6.45, 7) is 1.79. The maximum absolute atomic E-state index is 11.9. The van der Waals surface area contributed by atoms with E-state index in [9.17, 15) is 19.7 Å². The summed E-state index contributed by atoms with van der Waals surface area (Å²) in [6.07, 6.45) is 0.636. The lowest BCUT2D eigenvalue weighted by Crippen LogP contribution is -2.11. The summed E-state index contributed by atoms with van der Waals surface area (Å²) in [6, 6.07) is 11.0. The zero-order valence-electron chi connectivity index (χ0n) is 14.4. The smallest absolute Gasteiger partial charge is 0.341 e. The van der Waals surface area contributed by atoms with Gasteiger partial charge in [-0.05, 0) is 30.2 Å². The fraction of sp³-hybridized carbons (Fsp3) is 0.222. The number of nitrogens with zero attached hydrogens (tertiary/aromatic N) is 1. The lowest BCUT2D eigenvalue weighted by atomic mass is 10.1. The Morgan fingerprint density at radius 1 is 1.15 bits per heavy atom. The molecule has 0 bridgehead atoms. The molecule has 2 aromatic carbocycles. The number of nitro benzene ring substituents is 1. The Balaban J connectivity index is 2.03. The Labute approximate surface area is 149 Å². The quantitative estimate of drug-likeness (QED) is 0.351. The molecule has 0 amide bonds. The minimum Gasteiger partial charge on any atom is -0.465 e. The highest BCUT2D eigenvalue weighted by molar-refractivity contribution is 5.94. The molecule has 136 valence electrons. The second-order valence-electron chi connectivity index (χ2n) is 5.40. The highest BCUT2D eigenvalue weighted by Gasteiger charge is 2.15. The van der Waals surface area contributed by atoms with Crippen molar-refractivity contribution in [2.24, 2.45) is 0 Å². The normalized spacial score (nSPS) is 10.1. The van der Waals surface area contributed by atoms with Crippen molar-refractivity contribution in [3.05, 3.63) is 63.7 Å². The minimum absolute atomic E-state index is 0.0467. The van der Waals surface area contributed by atoms with E-state index in [2.05, 4.69) is 5.32 Å². The number of carbonyl (C=O) groups excluding carboxylic acids is 2. The number of anilines is 1. The molecule has 0 aromatic heterocycles. The molecule has 0 saturated carbocycles.